The molecule has 0 saturated carbocycles. The van der Waals surface area contributed by atoms with E-state index < -0.39 is 0 Å². The Morgan fingerprint density at radius 1 is 1.10 bits per heavy atom. The molecule has 2 aromatic rings. The Morgan fingerprint density at radius 3 is 2.55 bits per heavy atom. The molecule has 0 fully saturated rings. The van der Waals surface area contributed by atoms with Gasteiger partial charge in [-0.25, -0.2) is 0 Å². The standard InChI is InChI=1S/C18H21NO/c1-4-14-8-10-15(11-9-14)18-13(3)19-17-12(2)6-5-7-16(17)20-18/h5-11,13,18-19H,4H2,1-3H3. The number of nitrogens with one attached hydrogen (secondary N) is 1. The molecule has 2 atom stereocenters. The summed E-state index contributed by atoms with van der Waals surface area (Å²) in [5.41, 5.74) is 4.95. The maximum Gasteiger partial charge on any atom is 0.144 e. The summed E-state index contributed by atoms with van der Waals surface area (Å²) in [7, 11) is 0. The van der Waals surface area contributed by atoms with E-state index >= 15 is 0 Å². The molecule has 0 spiro atoms. The zero-order chi connectivity index (χ0) is 14.1. The lowest BCUT2D eigenvalue weighted by Crippen LogP contribution is -2.33. The monoisotopic (exact) mass is 267 g/mol. The summed E-state index contributed by atoms with van der Waals surface area (Å²) in [6.07, 6.45) is 1.14. The molecule has 3 rings (SSSR count). The molecule has 1 aliphatic heterocycles. The minimum Gasteiger partial charge on any atom is -0.481 e. The van der Waals surface area contributed by atoms with Crippen molar-refractivity contribution in [1.82, 2.24) is 0 Å². The van der Waals surface area contributed by atoms with Crippen LogP contribution in [-0.2, 0) is 6.42 Å². The second kappa shape index (κ2) is 5.20. The Labute approximate surface area is 120 Å². The fourth-order valence-electron chi connectivity index (χ4n) is 2.77. The van der Waals surface area contributed by atoms with Gasteiger partial charge < -0.3 is 10.1 Å². The van der Waals surface area contributed by atoms with Crippen molar-refractivity contribution >= 4 is 5.69 Å². The topological polar surface area (TPSA) is 21.3 Å². The van der Waals surface area contributed by atoms with Gasteiger partial charge in [0.25, 0.3) is 0 Å². The quantitative estimate of drug-likeness (QED) is 0.865. The molecule has 0 aromatic heterocycles. The second-order valence-electron chi connectivity index (χ2n) is 5.51. The Hall–Kier alpha value is -1.96. The molecule has 1 aliphatic rings. The van der Waals surface area contributed by atoms with Gasteiger partial charge in [0, 0.05) is 0 Å². The zero-order valence-electron chi connectivity index (χ0n) is 12.3. The fraction of sp³-hybridized carbons (Fsp3) is 0.333. The summed E-state index contributed by atoms with van der Waals surface area (Å²) in [6, 6.07) is 15.2. The van der Waals surface area contributed by atoms with Gasteiger partial charge in [0.15, 0.2) is 0 Å². The van der Waals surface area contributed by atoms with Crippen LogP contribution in [0.15, 0.2) is 42.5 Å². The molecular formula is C18H21NO. The van der Waals surface area contributed by atoms with E-state index in [0.717, 1.165) is 17.9 Å². The third kappa shape index (κ3) is 2.26. The van der Waals surface area contributed by atoms with Gasteiger partial charge in [-0.05, 0) is 43.0 Å². The third-order valence-corrected chi connectivity index (χ3v) is 4.03. The minimum absolute atomic E-state index is 0.0650. The summed E-state index contributed by atoms with van der Waals surface area (Å²) < 4.78 is 6.22. The molecule has 0 radical (unpaired) electrons. The highest BCUT2D eigenvalue weighted by Crippen LogP contribution is 2.39. The molecular weight excluding hydrogens is 246 g/mol. The Bertz CT molecular complexity index is 603. The maximum atomic E-state index is 6.22. The van der Waals surface area contributed by atoms with Crippen LogP contribution in [-0.4, -0.2) is 6.04 Å². The third-order valence-electron chi connectivity index (χ3n) is 4.03. The number of aryl methyl sites for hydroxylation is 2. The summed E-state index contributed by atoms with van der Waals surface area (Å²) in [4.78, 5) is 0. The van der Waals surface area contributed by atoms with E-state index in [1.807, 2.05) is 12.1 Å². The van der Waals surface area contributed by atoms with Crippen molar-refractivity contribution in [3.63, 3.8) is 0 Å². The largest absolute Gasteiger partial charge is 0.481 e. The number of benzene rings is 2. The molecule has 104 valence electrons. The van der Waals surface area contributed by atoms with Gasteiger partial charge in [-0.1, -0.05) is 43.3 Å². The maximum absolute atomic E-state index is 6.22. The van der Waals surface area contributed by atoms with E-state index in [-0.39, 0.29) is 12.1 Å². The number of para-hydroxylation sites is 1. The molecule has 2 unspecified atom stereocenters. The number of ether oxygens (including phenoxy) is 1. The lowest BCUT2D eigenvalue weighted by Gasteiger charge is -2.34. The van der Waals surface area contributed by atoms with Gasteiger partial charge in [0.2, 0.25) is 0 Å². The Balaban J connectivity index is 1.91. The fourth-order valence-corrected chi connectivity index (χ4v) is 2.77. The van der Waals surface area contributed by atoms with Crippen LogP contribution in [0.3, 0.4) is 0 Å². The molecule has 2 aromatic carbocycles. The molecule has 0 amide bonds. The second-order valence-corrected chi connectivity index (χ2v) is 5.51. The van der Waals surface area contributed by atoms with Gasteiger partial charge in [-0.15, -0.1) is 0 Å². The lowest BCUT2D eigenvalue weighted by molar-refractivity contribution is 0.177. The van der Waals surface area contributed by atoms with Crippen LogP contribution in [0.2, 0.25) is 0 Å². The van der Waals surface area contributed by atoms with Gasteiger partial charge >= 0.3 is 0 Å². The average molecular weight is 267 g/mol. The van der Waals surface area contributed by atoms with E-state index in [1.165, 1.54) is 16.7 Å². The normalized spacial score (nSPS) is 20.8. The van der Waals surface area contributed by atoms with Crippen molar-refractivity contribution in [2.45, 2.75) is 39.3 Å². The first-order valence-electron chi connectivity index (χ1n) is 7.30. The first kappa shape index (κ1) is 13.0. The molecule has 2 heteroatoms. The van der Waals surface area contributed by atoms with Crippen LogP contribution >= 0.6 is 0 Å². The number of fused-ring (bicyclic) bond motifs is 1. The lowest BCUT2D eigenvalue weighted by atomic mass is 9.98. The molecule has 2 nitrogen and oxygen atoms in total. The predicted octanol–water partition coefficient (Wildman–Crippen LogP) is 4.49. The number of anilines is 1. The van der Waals surface area contributed by atoms with Gasteiger partial charge in [-0.2, -0.15) is 0 Å². The molecule has 0 bridgehead atoms. The molecule has 1 N–H and O–H groups in total. The van der Waals surface area contributed by atoms with E-state index in [9.17, 15) is 0 Å². The number of hydrogen-bond acceptors (Lipinski definition) is 2. The van der Waals surface area contributed by atoms with E-state index in [0.29, 0.717) is 0 Å². The predicted molar refractivity (Wildman–Crippen MR) is 83.5 cm³/mol. The molecule has 0 aliphatic carbocycles. The van der Waals surface area contributed by atoms with Crippen LogP contribution in [0.5, 0.6) is 5.75 Å². The molecule has 0 saturated heterocycles. The van der Waals surface area contributed by atoms with Crippen molar-refractivity contribution in [2.75, 3.05) is 5.32 Å². The van der Waals surface area contributed by atoms with Gasteiger partial charge in [-0.3, -0.25) is 0 Å². The van der Waals surface area contributed by atoms with Crippen LogP contribution in [0.25, 0.3) is 0 Å². The number of hydrogen-bond donors (Lipinski definition) is 1. The van der Waals surface area contributed by atoms with Crippen molar-refractivity contribution in [3.8, 4) is 5.75 Å². The summed E-state index contributed by atoms with van der Waals surface area (Å²) in [5, 5.41) is 3.58. The van der Waals surface area contributed by atoms with Gasteiger partial charge in [0.05, 0.1) is 11.7 Å². The van der Waals surface area contributed by atoms with Crippen molar-refractivity contribution in [2.24, 2.45) is 0 Å². The van der Waals surface area contributed by atoms with E-state index in [2.05, 4.69) is 56.4 Å². The van der Waals surface area contributed by atoms with Crippen molar-refractivity contribution in [3.05, 3.63) is 59.2 Å². The highest BCUT2D eigenvalue weighted by Gasteiger charge is 2.28. The van der Waals surface area contributed by atoms with Crippen LogP contribution in [0, 0.1) is 6.92 Å². The highest BCUT2D eigenvalue weighted by atomic mass is 16.5. The van der Waals surface area contributed by atoms with Crippen LogP contribution in [0.4, 0.5) is 5.69 Å². The minimum atomic E-state index is 0.0650. The van der Waals surface area contributed by atoms with Crippen molar-refractivity contribution in [1.29, 1.82) is 0 Å². The van der Waals surface area contributed by atoms with E-state index in [4.69, 9.17) is 4.74 Å². The average Bonchev–Trinajstić information content (AvgIpc) is 2.48. The SMILES string of the molecule is CCc1ccc(C2Oc3cccc(C)c3NC2C)cc1. The van der Waals surface area contributed by atoms with Crippen LogP contribution < -0.4 is 10.1 Å². The summed E-state index contributed by atoms with van der Waals surface area (Å²) in [5.74, 6) is 0.952. The Morgan fingerprint density at radius 2 is 1.85 bits per heavy atom. The first-order chi connectivity index (χ1) is 9.69. The zero-order valence-corrected chi connectivity index (χ0v) is 12.3. The van der Waals surface area contributed by atoms with E-state index in [1.54, 1.807) is 0 Å². The first-order valence-corrected chi connectivity index (χ1v) is 7.30. The smallest absolute Gasteiger partial charge is 0.144 e. The number of rotatable bonds is 2. The summed E-state index contributed by atoms with van der Waals surface area (Å²) >= 11 is 0. The molecule has 1 heterocycles. The van der Waals surface area contributed by atoms with Crippen LogP contribution in [0.1, 0.15) is 36.6 Å². The highest BCUT2D eigenvalue weighted by molar-refractivity contribution is 5.64. The van der Waals surface area contributed by atoms with Gasteiger partial charge in [0.1, 0.15) is 11.9 Å². The van der Waals surface area contributed by atoms with Crippen molar-refractivity contribution < 1.29 is 4.74 Å². The molecule has 20 heavy (non-hydrogen) atoms. The Kier molecular flexibility index (Phi) is 3.39. The summed E-state index contributed by atoms with van der Waals surface area (Å²) in [6.45, 7) is 6.46.